The van der Waals surface area contributed by atoms with Crippen molar-refractivity contribution in [2.75, 3.05) is 20.3 Å². The molecule has 1 aromatic rings. The summed E-state index contributed by atoms with van der Waals surface area (Å²) in [5.41, 5.74) is 5.29. The third-order valence-corrected chi connectivity index (χ3v) is 3.05. The second kappa shape index (κ2) is 8.49. The molecule has 0 aromatic heterocycles. The molecule has 0 heterocycles. The molecular weight excluding hydrogens is 272 g/mol. The highest BCUT2D eigenvalue weighted by molar-refractivity contribution is 5.80. The van der Waals surface area contributed by atoms with Crippen molar-refractivity contribution in [2.24, 2.45) is 11.7 Å². The molecule has 0 radical (unpaired) electrons. The van der Waals surface area contributed by atoms with Crippen molar-refractivity contribution >= 4 is 5.91 Å². The van der Waals surface area contributed by atoms with Crippen molar-refractivity contribution < 1.29 is 19.4 Å². The van der Waals surface area contributed by atoms with Gasteiger partial charge in [0.2, 0.25) is 5.91 Å². The van der Waals surface area contributed by atoms with Crippen molar-refractivity contribution in [1.29, 1.82) is 0 Å². The first kappa shape index (κ1) is 17.3. The van der Waals surface area contributed by atoms with Crippen molar-refractivity contribution in [3.63, 3.8) is 0 Å². The highest BCUT2D eigenvalue weighted by Crippen LogP contribution is 2.17. The molecule has 1 aromatic carbocycles. The summed E-state index contributed by atoms with van der Waals surface area (Å²) >= 11 is 0. The van der Waals surface area contributed by atoms with Gasteiger partial charge in [-0.3, -0.25) is 4.79 Å². The zero-order chi connectivity index (χ0) is 15.8. The first-order valence-electron chi connectivity index (χ1n) is 6.91. The van der Waals surface area contributed by atoms with Gasteiger partial charge in [0.15, 0.2) is 0 Å². The van der Waals surface area contributed by atoms with Crippen LogP contribution in [0.1, 0.15) is 13.8 Å². The lowest BCUT2D eigenvalue weighted by atomic mass is 10.0. The molecule has 6 nitrogen and oxygen atoms in total. The summed E-state index contributed by atoms with van der Waals surface area (Å²) in [6, 6.07) is 6.63. The number of benzene rings is 1. The lowest BCUT2D eigenvalue weighted by Crippen LogP contribution is -2.48. The van der Waals surface area contributed by atoms with Crippen LogP contribution in [0.4, 0.5) is 0 Å². The van der Waals surface area contributed by atoms with E-state index in [9.17, 15) is 9.90 Å². The maximum absolute atomic E-state index is 11.2. The second-order valence-electron chi connectivity index (χ2n) is 5.17. The van der Waals surface area contributed by atoms with Crippen LogP contribution in [-0.4, -0.2) is 43.4 Å². The molecule has 6 heteroatoms. The molecule has 0 aliphatic rings. The van der Waals surface area contributed by atoms with E-state index < -0.39 is 18.1 Å². The summed E-state index contributed by atoms with van der Waals surface area (Å²) in [6.07, 6.45) is -0.729. The van der Waals surface area contributed by atoms with E-state index in [1.54, 1.807) is 31.4 Å². The number of ether oxygens (including phenoxy) is 2. The van der Waals surface area contributed by atoms with Gasteiger partial charge in [-0.2, -0.15) is 0 Å². The average molecular weight is 296 g/mol. The first-order valence-corrected chi connectivity index (χ1v) is 6.91. The Bertz CT molecular complexity index is 434. The molecular formula is C15H24N2O4. The van der Waals surface area contributed by atoms with E-state index in [0.717, 1.165) is 5.75 Å². The van der Waals surface area contributed by atoms with E-state index in [0.29, 0.717) is 5.75 Å². The van der Waals surface area contributed by atoms with Crippen molar-refractivity contribution in [2.45, 2.75) is 26.0 Å². The Balaban J connectivity index is 2.36. The second-order valence-corrected chi connectivity index (χ2v) is 5.17. The summed E-state index contributed by atoms with van der Waals surface area (Å²) in [7, 11) is 1.59. The van der Waals surface area contributed by atoms with Gasteiger partial charge in [0, 0.05) is 6.54 Å². The lowest BCUT2D eigenvalue weighted by Gasteiger charge is -2.21. The van der Waals surface area contributed by atoms with Gasteiger partial charge in [0.05, 0.1) is 13.2 Å². The van der Waals surface area contributed by atoms with E-state index in [-0.39, 0.29) is 19.1 Å². The van der Waals surface area contributed by atoms with Crippen LogP contribution >= 0.6 is 0 Å². The van der Waals surface area contributed by atoms with E-state index >= 15 is 0 Å². The largest absolute Gasteiger partial charge is 0.497 e. The van der Waals surface area contributed by atoms with Crippen LogP contribution in [0.5, 0.6) is 11.5 Å². The Labute approximate surface area is 125 Å². The van der Waals surface area contributed by atoms with Gasteiger partial charge < -0.3 is 25.6 Å². The quantitative estimate of drug-likeness (QED) is 0.618. The van der Waals surface area contributed by atoms with Crippen molar-refractivity contribution in [3.8, 4) is 11.5 Å². The van der Waals surface area contributed by atoms with E-state index in [2.05, 4.69) is 5.32 Å². The molecule has 0 bridgehead atoms. The predicted octanol–water partition coefficient (Wildman–Crippen LogP) is 0.534. The predicted molar refractivity (Wildman–Crippen MR) is 80.3 cm³/mol. The van der Waals surface area contributed by atoms with E-state index in [4.69, 9.17) is 15.2 Å². The number of nitrogens with one attached hydrogen (secondary N) is 1. The fourth-order valence-corrected chi connectivity index (χ4v) is 1.85. The first-order chi connectivity index (χ1) is 9.93. The number of aliphatic hydroxyl groups is 1. The Morgan fingerprint density at radius 1 is 1.29 bits per heavy atom. The number of nitrogens with two attached hydrogens (primary N) is 1. The number of carbonyl (C=O) groups excluding carboxylic acids is 1. The third-order valence-electron chi connectivity index (χ3n) is 3.05. The Morgan fingerprint density at radius 2 is 1.86 bits per heavy atom. The van der Waals surface area contributed by atoms with Crippen LogP contribution in [0, 0.1) is 5.92 Å². The van der Waals surface area contributed by atoms with Crippen LogP contribution < -0.4 is 20.5 Å². The molecule has 0 saturated carbocycles. The fraction of sp³-hybridized carbons (Fsp3) is 0.533. The standard InChI is InChI=1S/C15H24N2O4/c1-10(2)14(15(16)19)17-8-11(18)9-21-13-6-4-12(20-3)5-7-13/h4-7,10-11,14,17-18H,8-9H2,1-3H3,(H2,16,19). The number of rotatable bonds is 9. The molecule has 21 heavy (non-hydrogen) atoms. The minimum absolute atomic E-state index is 0.0669. The van der Waals surface area contributed by atoms with Gasteiger partial charge in [0.25, 0.3) is 0 Å². The van der Waals surface area contributed by atoms with E-state index in [1.165, 1.54) is 0 Å². The summed E-state index contributed by atoms with van der Waals surface area (Å²) in [4.78, 5) is 11.2. The lowest BCUT2D eigenvalue weighted by molar-refractivity contribution is -0.121. The topological polar surface area (TPSA) is 93.8 Å². The zero-order valence-electron chi connectivity index (χ0n) is 12.7. The number of hydrogen-bond acceptors (Lipinski definition) is 5. The van der Waals surface area contributed by atoms with Crippen molar-refractivity contribution in [1.82, 2.24) is 5.32 Å². The zero-order valence-corrected chi connectivity index (χ0v) is 12.7. The van der Waals surface area contributed by atoms with Crippen LogP contribution in [0.2, 0.25) is 0 Å². The smallest absolute Gasteiger partial charge is 0.234 e. The van der Waals surface area contributed by atoms with E-state index in [1.807, 2.05) is 13.8 Å². The molecule has 0 fully saturated rings. The van der Waals surface area contributed by atoms with Gasteiger partial charge in [-0.15, -0.1) is 0 Å². The molecule has 4 N–H and O–H groups in total. The normalized spacial score (nSPS) is 13.8. The van der Waals surface area contributed by atoms with Crippen LogP contribution in [0.15, 0.2) is 24.3 Å². The fourth-order valence-electron chi connectivity index (χ4n) is 1.85. The summed E-state index contributed by atoms with van der Waals surface area (Å²) in [5.74, 6) is 1.03. The number of primary amides is 1. The number of aliphatic hydroxyl groups excluding tert-OH is 1. The summed E-state index contributed by atoms with van der Waals surface area (Å²) in [5, 5.41) is 12.8. The monoisotopic (exact) mass is 296 g/mol. The van der Waals surface area contributed by atoms with Crippen LogP contribution in [0.3, 0.4) is 0 Å². The minimum Gasteiger partial charge on any atom is -0.497 e. The number of amides is 1. The molecule has 2 atom stereocenters. The number of hydrogen-bond donors (Lipinski definition) is 3. The van der Waals surface area contributed by atoms with Gasteiger partial charge in [-0.05, 0) is 30.2 Å². The molecule has 0 saturated heterocycles. The molecule has 0 spiro atoms. The highest BCUT2D eigenvalue weighted by Gasteiger charge is 2.19. The molecule has 1 amide bonds. The molecule has 2 unspecified atom stereocenters. The average Bonchev–Trinajstić information content (AvgIpc) is 2.45. The summed E-state index contributed by atoms with van der Waals surface area (Å²) < 4.78 is 10.5. The Morgan fingerprint density at radius 3 is 2.33 bits per heavy atom. The maximum atomic E-state index is 11.2. The van der Waals surface area contributed by atoms with Crippen LogP contribution in [0.25, 0.3) is 0 Å². The molecule has 0 aliphatic heterocycles. The third kappa shape index (κ3) is 6.01. The molecule has 0 aliphatic carbocycles. The summed E-state index contributed by atoms with van der Waals surface area (Å²) in [6.45, 7) is 4.15. The van der Waals surface area contributed by atoms with Gasteiger partial charge in [-0.1, -0.05) is 13.8 Å². The Kier molecular flexibility index (Phi) is 6.98. The minimum atomic E-state index is -0.729. The highest BCUT2D eigenvalue weighted by atomic mass is 16.5. The molecule has 118 valence electrons. The van der Waals surface area contributed by atoms with Gasteiger partial charge in [0.1, 0.15) is 24.2 Å². The van der Waals surface area contributed by atoms with Gasteiger partial charge in [-0.25, -0.2) is 0 Å². The van der Waals surface area contributed by atoms with Gasteiger partial charge >= 0.3 is 0 Å². The van der Waals surface area contributed by atoms with Crippen molar-refractivity contribution in [3.05, 3.63) is 24.3 Å². The number of methoxy groups -OCH3 is 1. The SMILES string of the molecule is COc1ccc(OCC(O)CNC(C(N)=O)C(C)C)cc1. The Hall–Kier alpha value is -1.79. The maximum Gasteiger partial charge on any atom is 0.234 e. The van der Waals surface area contributed by atoms with Crippen LogP contribution in [-0.2, 0) is 4.79 Å². The molecule has 1 rings (SSSR count). The number of carbonyl (C=O) groups is 1.